The van der Waals surface area contributed by atoms with Gasteiger partial charge < -0.3 is 21.3 Å². The summed E-state index contributed by atoms with van der Waals surface area (Å²) in [5.41, 5.74) is 0. The Hall–Kier alpha value is 1.79. The summed E-state index contributed by atoms with van der Waals surface area (Å²) >= 11 is 0. The summed E-state index contributed by atoms with van der Waals surface area (Å²) in [6.07, 6.45) is 0. The normalized spacial score (nSPS) is 4.67. The van der Waals surface area contributed by atoms with Gasteiger partial charge in [0, 0.05) is 53.8 Å². The van der Waals surface area contributed by atoms with Gasteiger partial charge in [0.15, 0.2) is 0 Å². The molecule has 0 bridgehead atoms. The van der Waals surface area contributed by atoms with Gasteiger partial charge in [0.1, 0.15) is 0 Å². The molecule has 0 unspecified atom stereocenters. The molecule has 0 amide bonds. The van der Waals surface area contributed by atoms with Crippen LogP contribution < -0.4 is 0 Å². The van der Waals surface area contributed by atoms with E-state index in [0.717, 1.165) is 0 Å². The topological polar surface area (TPSA) is 0 Å². The minimum Gasteiger partial charge on any atom is -0.358 e. The van der Waals surface area contributed by atoms with Crippen molar-refractivity contribution in [2.24, 2.45) is 5.92 Å². The molecular weight excluding hydrogens is 357 g/mol. The van der Waals surface area contributed by atoms with E-state index in [-0.39, 0.29) is 61.2 Å². The molecule has 0 rings (SSSR count). The molecule has 0 atom stereocenters. The predicted molar refractivity (Wildman–Crippen MR) is 37.6 cm³/mol. The second-order valence-corrected chi connectivity index (χ2v) is 1.39. The van der Waals surface area contributed by atoms with E-state index < -0.39 is 0 Å². The molecule has 0 N–H and O–H groups in total. The quantitative estimate of drug-likeness (QED) is 0.573. The van der Waals surface area contributed by atoms with Crippen molar-refractivity contribution in [3.63, 3.8) is 0 Å². The third-order valence-electron chi connectivity index (χ3n) is 0. The summed E-state index contributed by atoms with van der Waals surface area (Å²) in [7, 11) is 0. The maximum Gasteiger partial charge on any atom is 0 e. The van der Waals surface area contributed by atoms with Crippen LogP contribution >= 0.6 is 0 Å². The summed E-state index contributed by atoms with van der Waals surface area (Å²) in [5, 5.41) is 0. The molecule has 9 heavy (non-hydrogen) atoms. The first kappa shape index (κ1) is 30.8. The third kappa shape index (κ3) is 185. The third-order valence-corrected chi connectivity index (χ3v) is 0. The van der Waals surface area contributed by atoms with Crippen LogP contribution in [0.2, 0.25) is 0 Å². The second kappa shape index (κ2) is 33.0. The first-order valence-corrected chi connectivity index (χ1v) is 2.27. The van der Waals surface area contributed by atoms with Crippen LogP contribution in [0.4, 0.5) is 0 Å². The van der Waals surface area contributed by atoms with E-state index in [9.17, 15) is 0 Å². The van der Waals surface area contributed by atoms with E-state index in [1.54, 1.807) is 6.92 Å². The van der Waals surface area contributed by atoms with Crippen LogP contribution in [0.15, 0.2) is 0 Å². The minimum absolute atomic E-state index is 0. The van der Waals surface area contributed by atoms with Gasteiger partial charge in [0.05, 0.1) is 0 Å². The Morgan fingerprint density at radius 2 is 1.11 bits per heavy atom. The monoisotopic (exact) mass is 374 g/mol. The van der Waals surface area contributed by atoms with Gasteiger partial charge in [-0.25, -0.2) is 0 Å². The van der Waals surface area contributed by atoms with Crippen molar-refractivity contribution in [2.45, 2.75) is 20.8 Å². The molecular formula is C7H17WY-3. The van der Waals surface area contributed by atoms with Crippen molar-refractivity contribution in [3.8, 4) is 0 Å². The zero-order chi connectivity index (χ0) is 5.58. The van der Waals surface area contributed by atoms with Gasteiger partial charge in [-0.15, -0.1) is 0 Å². The molecule has 0 saturated carbocycles. The van der Waals surface area contributed by atoms with Crippen LogP contribution in [0.3, 0.4) is 0 Å². The van der Waals surface area contributed by atoms with E-state index >= 15 is 0 Å². The molecule has 0 aliphatic heterocycles. The van der Waals surface area contributed by atoms with Gasteiger partial charge in [0.2, 0.25) is 0 Å². The smallest absolute Gasteiger partial charge is 0 e. The van der Waals surface area contributed by atoms with Gasteiger partial charge in [-0.05, 0) is 0 Å². The van der Waals surface area contributed by atoms with Gasteiger partial charge >= 0.3 is 0 Å². The molecule has 57 valence electrons. The Labute approximate surface area is 101 Å². The van der Waals surface area contributed by atoms with Crippen molar-refractivity contribution in [3.05, 3.63) is 21.3 Å². The van der Waals surface area contributed by atoms with Crippen LogP contribution in [-0.2, 0) is 53.8 Å². The molecule has 0 aromatic rings. The molecule has 0 fully saturated rings. The van der Waals surface area contributed by atoms with Crippen LogP contribution in [0.25, 0.3) is 0 Å². The predicted octanol–water partition coefficient (Wildman–Crippen LogP) is 2.76. The van der Waals surface area contributed by atoms with E-state index in [1.807, 2.05) is 0 Å². The molecule has 0 aliphatic rings. The Kier molecular flexibility index (Phi) is 113. The van der Waals surface area contributed by atoms with Crippen LogP contribution in [0.1, 0.15) is 20.8 Å². The molecule has 0 heterocycles. The van der Waals surface area contributed by atoms with E-state index in [2.05, 4.69) is 27.7 Å². The van der Waals surface area contributed by atoms with Crippen molar-refractivity contribution in [1.82, 2.24) is 0 Å². The maximum atomic E-state index is 3.64. The van der Waals surface area contributed by atoms with E-state index in [0.29, 0.717) is 5.92 Å². The van der Waals surface area contributed by atoms with Gasteiger partial charge in [-0.1, -0.05) is 13.8 Å². The Bertz CT molecular complexity index is 13.6. The Morgan fingerprint density at radius 1 is 1.11 bits per heavy atom. The van der Waals surface area contributed by atoms with Crippen molar-refractivity contribution in [1.29, 1.82) is 0 Å². The first-order valence-electron chi connectivity index (χ1n) is 2.27. The number of hydrogen-bond donors (Lipinski definition) is 0. The standard InChI is InChI=1S/C4H9.C2H5.CH3.W.Y/c1-4(2)3;1-2;;;/h4H,1H2,2-3H3;1H2,2H3;1H3;;/q3*-1;;. The number of hydrogen-bond acceptors (Lipinski definition) is 0. The average Bonchev–Trinajstić information content (AvgIpc) is 1.41. The van der Waals surface area contributed by atoms with Crippen molar-refractivity contribution < 1.29 is 53.8 Å². The van der Waals surface area contributed by atoms with E-state index in [1.165, 1.54) is 0 Å². The molecule has 0 aromatic heterocycles. The fraction of sp³-hybridized carbons (Fsp3) is 0.571. The SMILES string of the molecule is [CH2-]C.[CH2-]C(C)C.[CH3-].[W].[Y]. The van der Waals surface area contributed by atoms with Gasteiger partial charge in [-0.2, -0.15) is 12.8 Å². The molecule has 1 radical (unpaired) electrons. The Morgan fingerprint density at radius 3 is 1.11 bits per heavy atom. The summed E-state index contributed by atoms with van der Waals surface area (Å²) in [6, 6.07) is 0. The van der Waals surface area contributed by atoms with Crippen LogP contribution in [0, 0.1) is 27.2 Å². The molecule has 0 saturated heterocycles. The molecule has 0 spiro atoms. The van der Waals surface area contributed by atoms with E-state index in [4.69, 9.17) is 0 Å². The maximum absolute atomic E-state index is 3.64. The minimum atomic E-state index is 0. The summed E-state index contributed by atoms with van der Waals surface area (Å²) < 4.78 is 0. The van der Waals surface area contributed by atoms with Gasteiger partial charge in [-0.3, -0.25) is 0 Å². The first-order chi connectivity index (χ1) is 2.73. The van der Waals surface area contributed by atoms with Crippen molar-refractivity contribution >= 4 is 0 Å². The van der Waals surface area contributed by atoms with Crippen LogP contribution in [-0.4, -0.2) is 0 Å². The average molecular weight is 374 g/mol. The fourth-order valence-corrected chi connectivity index (χ4v) is 0. The summed E-state index contributed by atoms with van der Waals surface area (Å²) in [6.45, 7) is 12.8. The molecule has 2 heteroatoms. The van der Waals surface area contributed by atoms with Gasteiger partial charge in [0.25, 0.3) is 0 Å². The zero-order valence-corrected chi connectivity index (χ0v) is 12.7. The van der Waals surface area contributed by atoms with Crippen molar-refractivity contribution in [2.75, 3.05) is 0 Å². The molecule has 0 aromatic carbocycles. The fourth-order valence-electron chi connectivity index (χ4n) is 0. The summed E-state index contributed by atoms with van der Waals surface area (Å²) in [4.78, 5) is 0. The largest absolute Gasteiger partial charge is 0.358 e. The molecule has 0 aliphatic carbocycles. The Balaban J connectivity index is -0.00000000990. The second-order valence-electron chi connectivity index (χ2n) is 1.39. The molecule has 0 nitrogen and oxygen atoms in total. The number of rotatable bonds is 0. The van der Waals surface area contributed by atoms with Crippen LogP contribution in [0.5, 0.6) is 0 Å². The zero-order valence-electron chi connectivity index (χ0n) is 6.98. The summed E-state index contributed by atoms with van der Waals surface area (Å²) in [5.74, 6) is 0.583.